The molecule has 6 nitrogen and oxygen atoms in total. The third-order valence-corrected chi connectivity index (χ3v) is 5.89. The number of hydrogen-bond donors (Lipinski definition) is 1. The molecule has 0 amide bonds. The minimum Gasteiger partial charge on any atom is -0.493 e. The highest BCUT2D eigenvalue weighted by Gasteiger charge is 2.34. The average molecular weight is 433 g/mol. The van der Waals surface area contributed by atoms with Crippen molar-refractivity contribution >= 4 is 0 Å². The summed E-state index contributed by atoms with van der Waals surface area (Å²) in [5, 5.41) is 11.8. The number of likely N-dealkylation sites (tertiary alicyclic amines) is 1. The number of ether oxygens (including phenoxy) is 1. The summed E-state index contributed by atoms with van der Waals surface area (Å²) in [4.78, 5) is 2.40. The summed E-state index contributed by atoms with van der Waals surface area (Å²) in [6.07, 6.45) is -1.02. The van der Waals surface area contributed by atoms with Gasteiger partial charge in [0, 0.05) is 49.4 Å². The molecule has 1 fully saturated rings. The second-order valence-electron chi connectivity index (χ2n) is 8.01. The second-order valence-corrected chi connectivity index (χ2v) is 8.01. The van der Waals surface area contributed by atoms with Gasteiger partial charge in [-0.05, 0) is 38.1 Å². The molecule has 2 aromatic heterocycles. The van der Waals surface area contributed by atoms with E-state index >= 15 is 0 Å². The third-order valence-electron chi connectivity index (χ3n) is 5.89. The fraction of sp³-hybridized carbons (Fsp3) is 0.455. The first kappa shape index (κ1) is 21.4. The van der Waals surface area contributed by atoms with E-state index in [9.17, 15) is 13.2 Å². The first-order chi connectivity index (χ1) is 14.8. The number of benzene rings is 1. The Morgan fingerprint density at radius 1 is 1.26 bits per heavy atom. The summed E-state index contributed by atoms with van der Waals surface area (Å²) in [5.41, 5.74) is 3.52. The molecule has 0 bridgehead atoms. The standard InChI is InChI=1S/C22H26F3N5O/c1-15-17(12-26-29(15)2)14-30-9-7-16(13-30)20-11-18(27-28-20)8-10-31-21-6-4-3-5-19(21)22(23,24)25/h3-6,11-12,16H,7-10,13-14H2,1-2H3,(H,27,28)/t16-/m1/s1. The zero-order chi connectivity index (χ0) is 22.0. The number of nitrogens with zero attached hydrogens (tertiary/aromatic N) is 4. The lowest BCUT2D eigenvalue weighted by Gasteiger charge is -2.15. The number of aromatic nitrogens is 4. The van der Waals surface area contributed by atoms with Crippen molar-refractivity contribution in [3.63, 3.8) is 0 Å². The van der Waals surface area contributed by atoms with Crippen molar-refractivity contribution in [2.75, 3.05) is 19.7 Å². The minimum atomic E-state index is -4.43. The Hall–Kier alpha value is -2.81. The molecule has 0 aliphatic carbocycles. The number of halogens is 3. The van der Waals surface area contributed by atoms with Gasteiger partial charge in [0.2, 0.25) is 0 Å². The number of aromatic amines is 1. The number of H-pyrrole nitrogens is 1. The van der Waals surface area contributed by atoms with Crippen LogP contribution in [0.4, 0.5) is 13.2 Å². The lowest BCUT2D eigenvalue weighted by Crippen LogP contribution is -2.20. The van der Waals surface area contributed by atoms with E-state index in [0.717, 1.165) is 43.5 Å². The lowest BCUT2D eigenvalue weighted by molar-refractivity contribution is -0.138. The molecule has 3 heterocycles. The van der Waals surface area contributed by atoms with Gasteiger partial charge in [0.25, 0.3) is 0 Å². The maximum atomic E-state index is 13.1. The molecular formula is C22H26F3N5O. The molecule has 1 aliphatic rings. The van der Waals surface area contributed by atoms with Gasteiger partial charge in [-0.15, -0.1) is 0 Å². The fourth-order valence-electron chi connectivity index (χ4n) is 3.97. The van der Waals surface area contributed by atoms with Crippen LogP contribution in [0, 0.1) is 6.92 Å². The Kier molecular flexibility index (Phi) is 6.04. The van der Waals surface area contributed by atoms with Gasteiger partial charge in [-0.25, -0.2) is 0 Å². The summed E-state index contributed by atoms with van der Waals surface area (Å²) in [6, 6.07) is 7.28. The van der Waals surface area contributed by atoms with Gasteiger partial charge < -0.3 is 4.74 Å². The van der Waals surface area contributed by atoms with Crippen LogP contribution in [0.3, 0.4) is 0 Å². The lowest BCUT2D eigenvalue weighted by atomic mass is 10.0. The molecular weight excluding hydrogens is 407 g/mol. The van der Waals surface area contributed by atoms with Crippen LogP contribution in [0.15, 0.2) is 36.5 Å². The Bertz CT molecular complexity index is 1030. The van der Waals surface area contributed by atoms with Gasteiger partial charge in [0.05, 0.1) is 24.1 Å². The predicted molar refractivity (Wildman–Crippen MR) is 110 cm³/mol. The van der Waals surface area contributed by atoms with Gasteiger partial charge in [0.15, 0.2) is 0 Å². The summed E-state index contributed by atoms with van der Waals surface area (Å²) in [5.74, 6) is 0.195. The van der Waals surface area contributed by atoms with Gasteiger partial charge in [-0.3, -0.25) is 14.7 Å². The van der Waals surface area contributed by atoms with Crippen LogP contribution in [0.5, 0.6) is 5.75 Å². The summed E-state index contributed by atoms with van der Waals surface area (Å²) in [7, 11) is 1.95. The van der Waals surface area contributed by atoms with E-state index in [1.54, 1.807) is 0 Å². The Morgan fingerprint density at radius 2 is 2.06 bits per heavy atom. The van der Waals surface area contributed by atoms with Crippen LogP contribution in [0.2, 0.25) is 0 Å². The molecule has 3 aromatic rings. The zero-order valence-corrected chi connectivity index (χ0v) is 17.6. The molecule has 1 atom stereocenters. The molecule has 0 radical (unpaired) electrons. The molecule has 1 aromatic carbocycles. The maximum Gasteiger partial charge on any atom is 0.419 e. The smallest absolute Gasteiger partial charge is 0.419 e. The van der Waals surface area contributed by atoms with Crippen molar-refractivity contribution in [3.05, 3.63) is 64.7 Å². The van der Waals surface area contributed by atoms with E-state index in [4.69, 9.17) is 4.74 Å². The number of rotatable bonds is 7. The van der Waals surface area contributed by atoms with Crippen molar-refractivity contribution in [3.8, 4) is 5.75 Å². The SMILES string of the molecule is Cc1c(CN2CC[C@@H](c3cc(CCOc4ccccc4C(F)(F)F)[nH]n3)C2)cnn1C. The Balaban J connectivity index is 1.30. The van der Waals surface area contributed by atoms with Crippen LogP contribution in [-0.4, -0.2) is 44.6 Å². The van der Waals surface area contributed by atoms with Crippen molar-refractivity contribution in [1.29, 1.82) is 0 Å². The minimum absolute atomic E-state index is 0.145. The maximum absolute atomic E-state index is 13.1. The number of alkyl halides is 3. The zero-order valence-electron chi connectivity index (χ0n) is 17.6. The van der Waals surface area contributed by atoms with Crippen LogP contribution >= 0.6 is 0 Å². The number of nitrogens with one attached hydrogen (secondary N) is 1. The van der Waals surface area contributed by atoms with E-state index < -0.39 is 11.7 Å². The van der Waals surface area contributed by atoms with Crippen LogP contribution in [0.25, 0.3) is 0 Å². The van der Waals surface area contributed by atoms with E-state index in [-0.39, 0.29) is 12.4 Å². The molecule has 0 unspecified atom stereocenters. The van der Waals surface area contributed by atoms with Crippen molar-refractivity contribution in [2.45, 2.75) is 38.4 Å². The van der Waals surface area contributed by atoms with Crippen molar-refractivity contribution in [2.24, 2.45) is 7.05 Å². The topological polar surface area (TPSA) is 59.0 Å². The van der Waals surface area contributed by atoms with E-state index in [1.165, 1.54) is 29.5 Å². The van der Waals surface area contributed by atoms with Crippen LogP contribution in [-0.2, 0) is 26.2 Å². The van der Waals surface area contributed by atoms with E-state index in [0.29, 0.717) is 12.3 Å². The summed E-state index contributed by atoms with van der Waals surface area (Å²) >= 11 is 0. The highest BCUT2D eigenvalue weighted by Crippen LogP contribution is 2.36. The third kappa shape index (κ3) is 4.92. The second kappa shape index (κ2) is 8.74. The van der Waals surface area contributed by atoms with E-state index in [2.05, 4.69) is 27.1 Å². The first-order valence-electron chi connectivity index (χ1n) is 10.3. The highest BCUT2D eigenvalue weighted by molar-refractivity contribution is 5.35. The first-order valence-corrected chi connectivity index (χ1v) is 10.3. The molecule has 0 saturated carbocycles. The molecule has 1 aliphatic heterocycles. The quantitative estimate of drug-likeness (QED) is 0.610. The monoisotopic (exact) mass is 433 g/mol. The highest BCUT2D eigenvalue weighted by atomic mass is 19.4. The normalized spacial score (nSPS) is 17.4. The molecule has 166 valence electrons. The number of hydrogen-bond acceptors (Lipinski definition) is 4. The molecule has 9 heteroatoms. The van der Waals surface area contributed by atoms with E-state index in [1.807, 2.05) is 24.0 Å². The molecule has 4 rings (SSSR count). The Morgan fingerprint density at radius 3 is 2.81 bits per heavy atom. The fourth-order valence-corrected chi connectivity index (χ4v) is 3.97. The van der Waals surface area contributed by atoms with Crippen molar-refractivity contribution < 1.29 is 17.9 Å². The largest absolute Gasteiger partial charge is 0.493 e. The van der Waals surface area contributed by atoms with Gasteiger partial charge in [0.1, 0.15) is 5.75 Å². The summed E-state index contributed by atoms with van der Waals surface area (Å²) in [6.45, 7) is 5.02. The average Bonchev–Trinajstić information content (AvgIpc) is 3.45. The van der Waals surface area contributed by atoms with Crippen molar-refractivity contribution in [1.82, 2.24) is 24.9 Å². The number of para-hydroxylation sites is 1. The van der Waals surface area contributed by atoms with Crippen LogP contribution in [0.1, 0.15) is 40.5 Å². The number of aryl methyl sites for hydroxylation is 1. The Labute approximate surface area is 179 Å². The van der Waals surface area contributed by atoms with Gasteiger partial charge >= 0.3 is 6.18 Å². The van der Waals surface area contributed by atoms with Gasteiger partial charge in [-0.1, -0.05) is 12.1 Å². The molecule has 31 heavy (non-hydrogen) atoms. The van der Waals surface area contributed by atoms with Crippen LogP contribution < -0.4 is 4.74 Å². The van der Waals surface area contributed by atoms with Gasteiger partial charge in [-0.2, -0.15) is 23.4 Å². The summed E-state index contributed by atoms with van der Waals surface area (Å²) < 4.78 is 46.5. The molecule has 1 N–H and O–H groups in total. The predicted octanol–water partition coefficient (Wildman–Crippen LogP) is 4.08. The molecule has 0 spiro atoms. The molecule has 1 saturated heterocycles.